The van der Waals surface area contributed by atoms with E-state index < -0.39 is 0 Å². The molecule has 2 aromatic heterocycles. The Bertz CT molecular complexity index is 614. The van der Waals surface area contributed by atoms with Gasteiger partial charge in [0.05, 0.1) is 19.3 Å². The fraction of sp³-hybridized carbons (Fsp3) is 0.562. The van der Waals surface area contributed by atoms with Gasteiger partial charge in [-0.25, -0.2) is 0 Å². The first kappa shape index (κ1) is 13.8. The Balaban J connectivity index is 1.48. The van der Waals surface area contributed by atoms with Crippen molar-refractivity contribution >= 4 is 0 Å². The van der Waals surface area contributed by atoms with Gasteiger partial charge in [0.25, 0.3) is 0 Å². The summed E-state index contributed by atoms with van der Waals surface area (Å²) in [6, 6.07) is 4.31. The average molecular weight is 300 g/mol. The fourth-order valence-corrected chi connectivity index (χ4v) is 3.48. The monoisotopic (exact) mass is 300 g/mol. The quantitative estimate of drug-likeness (QED) is 0.866. The molecule has 4 rings (SSSR count). The van der Waals surface area contributed by atoms with Crippen LogP contribution in [0.1, 0.15) is 31.6 Å². The molecule has 1 aliphatic carbocycles. The van der Waals surface area contributed by atoms with Crippen molar-refractivity contribution < 1.29 is 9.26 Å². The summed E-state index contributed by atoms with van der Waals surface area (Å²) in [4.78, 5) is 11.0. The Morgan fingerprint density at radius 2 is 2.23 bits per heavy atom. The number of fused-ring (bicyclic) bond motifs is 1. The van der Waals surface area contributed by atoms with Crippen molar-refractivity contribution in [3.8, 4) is 11.4 Å². The number of rotatable bonds is 3. The zero-order valence-electron chi connectivity index (χ0n) is 12.5. The highest BCUT2D eigenvalue weighted by atomic mass is 16.5. The van der Waals surface area contributed by atoms with Gasteiger partial charge in [-0.3, -0.25) is 9.88 Å². The Hall–Kier alpha value is -1.79. The van der Waals surface area contributed by atoms with Crippen LogP contribution >= 0.6 is 0 Å². The van der Waals surface area contributed by atoms with E-state index in [0.29, 0.717) is 30.4 Å². The van der Waals surface area contributed by atoms with Crippen molar-refractivity contribution in [1.82, 2.24) is 20.0 Å². The lowest BCUT2D eigenvalue weighted by Gasteiger charge is -2.43. The van der Waals surface area contributed by atoms with Gasteiger partial charge in [-0.1, -0.05) is 18.0 Å². The summed E-state index contributed by atoms with van der Waals surface area (Å²) in [7, 11) is 0. The maximum absolute atomic E-state index is 5.91. The molecular weight excluding hydrogens is 280 g/mol. The molecule has 116 valence electrons. The summed E-state index contributed by atoms with van der Waals surface area (Å²) < 4.78 is 11.3. The van der Waals surface area contributed by atoms with E-state index in [2.05, 4.69) is 20.0 Å². The van der Waals surface area contributed by atoms with Crippen LogP contribution in [0.25, 0.3) is 11.4 Å². The molecule has 1 saturated carbocycles. The van der Waals surface area contributed by atoms with Crippen LogP contribution in [-0.2, 0) is 11.3 Å². The molecule has 0 bridgehead atoms. The van der Waals surface area contributed by atoms with Crippen molar-refractivity contribution in [3.63, 3.8) is 0 Å². The number of hydrogen-bond acceptors (Lipinski definition) is 6. The molecule has 0 amide bonds. The van der Waals surface area contributed by atoms with E-state index in [-0.39, 0.29) is 0 Å². The first-order chi connectivity index (χ1) is 10.9. The molecule has 1 aliphatic heterocycles. The summed E-state index contributed by atoms with van der Waals surface area (Å²) in [5.74, 6) is 1.28. The summed E-state index contributed by atoms with van der Waals surface area (Å²) in [5, 5.41) is 4.07. The van der Waals surface area contributed by atoms with Crippen molar-refractivity contribution in [1.29, 1.82) is 0 Å². The number of nitrogens with zero attached hydrogens (tertiary/aromatic N) is 4. The van der Waals surface area contributed by atoms with Gasteiger partial charge < -0.3 is 9.26 Å². The first-order valence-corrected chi connectivity index (χ1v) is 7.99. The van der Waals surface area contributed by atoms with Crippen molar-refractivity contribution in [2.45, 2.75) is 44.4 Å². The fourth-order valence-electron chi connectivity index (χ4n) is 3.48. The Morgan fingerprint density at radius 1 is 1.27 bits per heavy atom. The third-order valence-electron chi connectivity index (χ3n) is 4.57. The zero-order valence-corrected chi connectivity index (χ0v) is 12.5. The van der Waals surface area contributed by atoms with Crippen molar-refractivity contribution in [2.24, 2.45) is 0 Å². The normalized spacial score (nSPS) is 25.8. The number of ether oxygens (including phenoxy) is 1. The van der Waals surface area contributed by atoms with Crippen LogP contribution in [0.15, 0.2) is 29.0 Å². The third-order valence-corrected chi connectivity index (χ3v) is 4.57. The molecular formula is C16H20N4O2. The van der Waals surface area contributed by atoms with E-state index in [1.165, 1.54) is 25.7 Å². The summed E-state index contributed by atoms with van der Waals surface area (Å²) >= 11 is 0. The van der Waals surface area contributed by atoms with Crippen LogP contribution in [0, 0.1) is 0 Å². The molecule has 1 saturated heterocycles. The van der Waals surface area contributed by atoms with Crippen LogP contribution in [0.5, 0.6) is 0 Å². The van der Waals surface area contributed by atoms with E-state index in [4.69, 9.17) is 9.26 Å². The molecule has 3 heterocycles. The van der Waals surface area contributed by atoms with Crippen LogP contribution in [0.2, 0.25) is 0 Å². The van der Waals surface area contributed by atoms with Gasteiger partial charge in [-0.2, -0.15) is 4.98 Å². The predicted octanol–water partition coefficient (Wildman–Crippen LogP) is 2.28. The second-order valence-electron chi connectivity index (χ2n) is 5.98. The summed E-state index contributed by atoms with van der Waals surface area (Å²) in [6.45, 7) is 2.44. The number of pyridine rings is 1. The van der Waals surface area contributed by atoms with Crippen LogP contribution < -0.4 is 0 Å². The second kappa shape index (κ2) is 6.14. The van der Waals surface area contributed by atoms with Gasteiger partial charge in [0.2, 0.25) is 11.7 Å². The van der Waals surface area contributed by atoms with Gasteiger partial charge in [-0.05, 0) is 25.0 Å². The lowest BCUT2D eigenvalue weighted by Crippen LogP contribution is -2.52. The van der Waals surface area contributed by atoms with E-state index in [1.807, 2.05) is 12.1 Å². The SMILES string of the molecule is c1cncc(-c2noc(CN3CCOC4CCCCC43)n2)c1. The molecule has 2 fully saturated rings. The largest absolute Gasteiger partial charge is 0.375 e. The summed E-state index contributed by atoms with van der Waals surface area (Å²) in [5.41, 5.74) is 0.884. The Morgan fingerprint density at radius 3 is 3.14 bits per heavy atom. The van der Waals surface area contributed by atoms with Crippen LogP contribution in [-0.4, -0.2) is 45.3 Å². The highest BCUT2D eigenvalue weighted by Crippen LogP contribution is 2.29. The molecule has 0 spiro atoms. The number of hydrogen-bond donors (Lipinski definition) is 0. The average Bonchev–Trinajstić information content (AvgIpc) is 3.05. The lowest BCUT2D eigenvalue weighted by atomic mass is 9.90. The lowest BCUT2D eigenvalue weighted by molar-refractivity contribution is -0.0933. The third kappa shape index (κ3) is 2.76. The molecule has 2 aliphatic rings. The smallest absolute Gasteiger partial charge is 0.241 e. The van der Waals surface area contributed by atoms with Gasteiger partial charge in [0.1, 0.15) is 0 Å². The van der Waals surface area contributed by atoms with Crippen molar-refractivity contribution in [3.05, 3.63) is 30.4 Å². The number of morpholine rings is 1. The van der Waals surface area contributed by atoms with Gasteiger partial charge in [-0.15, -0.1) is 0 Å². The highest BCUT2D eigenvalue weighted by Gasteiger charge is 2.34. The molecule has 6 heteroatoms. The highest BCUT2D eigenvalue weighted by molar-refractivity contribution is 5.51. The van der Waals surface area contributed by atoms with E-state index in [1.54, 1.807) is 12.4 Å². The zero-order chi connectivity index (χ0) is 14.8. The molecule has 0 aromatic carbocycles. The molecule has 2 unspecified atom stereocenters. The van der Waals surface area contributed by atoms with E-state index in [9.17, 15) is 0 Å². The molecule has 2 aromatic rings. The van der Waals surface area contributed by atoms with Gasteiger partial charge in [0, 0.05) is 30.5 Å². The van der Waals surface area contributed by atoms with Crippen LogP contribution in [0.4, 0.5) is 0 Å². The minimum absolute atomic E-state index is 0.378. The van der Waals surface area contributed by atoms with Crippen LogP contribution in [0.3, 0.4) is 0 Å². The number of aromatic nitrogens is 3. The molecule has 0 radical (unpaired) electrons. The minimum atomic E-state index is 0.378. The Kier molecular flexibility index (Phi) is 3.86. The first-order valence-electron chi connectivity index (χ1n) is 7.99. The minimum Gasteiger partial charge on any atom is -0.375 e. The molecule has 6 nitrogen and oxygen atoms in total. The Labute approximate surface area is 129 Å². The molecule has 22 heavy (non-hydrogen) atoms. The topological polar surface area (TPSA) is 64.3 Å². The van der Waals surface area contributed by atoms with Crippen molar-refractivity contribution in [2.75, 3.05) is 13.2 Å². The molecule has 0 N–H and O–H groups in total. The molecule has 2 atom stereocenters. The van der Waals surface area contributed by atoms with E-state index in [0.717, 1.165) is 18.7 Å². The maximum Gasteiger partial charge on any atom is 0.241 e. The second-order valence-corrected chi connectivity index (χ2v) is 5.98. The van der Waals surface area contributed by atoms with Gasteiger partial charge in [0.15, 0.2) is 0 Å². The predicted molar refractivity (Wildman–Crippen MR) is 79.9 cm³/mol. The standard InChI is InChI=1S/C16H20N4O2/c1-2-6-14-13(5-1)20(8-9-21-14)11-15-18-16(19-22-15)12-4-3-7-17-10-12/h3-4,7,10,13-14H,1-2,5-6,8-9,11H2. The maximum atomic E-state index is 5.91. The van der Waals surface area contributed by atoms with E-state index >= 15 is 0 Å². The summed E-state index contributed by atoms with van der Waals surface area (Å²) in [6.07, 6.45) is 8.80. The van der Waals surface area contributed by atoms with Gasteiger partial charge >= 0.3 is 0 Å².